The molecule has 0 aliphatic heterocycles. The van der Waals surface area contributed by atoms with Gasteiger partial charge in [0.2, 0.25) is 0 Å². The number of benzene rings is 2. The summed E-state index contributed by atoms with van der Waals surface area (Å²) in [6, 6.07) is 16.5. The summed E-state index contributed by atoms with van der Waals surface area (Å²) in [6.45, 7) is 2.11. The summed E-state index contributed by atoms with van der Waals surface area (Å²) >= 11 is 0. The Hall–Kier alpha value is -2.17. The van der Waals surface area contributed by atoms with Gasteiger partial charge in [-0.15, -0.1) is 0 Å². The van der Waals surface area contributed by atoms with E-state index < -0.39 is 0 Å². The normalized spacial score (nSPS) is 12.7. The summed E-state index contributed by atoms with van der Waals surface area (Å²) in [6.07, 6.45) is 0.756. The van der Waals surface area contributed by atoms with Gasteiger partial charge in [0.05, 0.1) is 17.1 Å². The molecule has 0 saturated heterocycles. The van der Waals surface area contributed by atoms with Crippen LogP contribution >= 0.6 is 0 Å². The average molecular weight is 280 g/mol. The third-order valence-corrected chi connectivity index (χ3v) is 4.03. The van der Waals surface area contributed by atoms with E-state index in [-0.39, 0.29) is 6.04 Å². The molecule has 4 nitrogen and oxygen atoms in total. The Bertz CT molecular complexity index is 760. The van der Waals surface area contributed by atoms with Gasteiger partial charge in [-0.25, -0.2) is 4.98 Å². The van der Waals surface area contributed by atoms with E-state index in [1.807, 2.05) is 30.3 Å². The number of para-hydroxylation sites is 2. The Labute approximate surface area is 124 Å². The van der Waals surface area contributed by atoms with Crippen LogP contribution in [0.3, 0.4) is 0 Å². The van der Waals surface area contributed by atoms with Gasteiger partial charge in [0.25, 0.3) is 0 Å². The number of nitrogens with zero attached hydrogens (tertiary/aromatic N) is 2. The molecule has 4 heteroatoms. The molecule has 0 bridgehead atoms. The summed E-state index contributed by atoms with van der Waals surface area (Å²) in [5, 5.41) is 0. The van der Waals surface area contributed by atoms with Gasteiger partial charge in [-0.3, -0.25) is 11.3 Å². The zero-order chi connectivity index (χ0) is 14.8. The van der Waals surface area contributed by atoms with Crippen LogP contribution in [0.25, 0.3) is 11.0 Å². The number of hydrazine groups is 1. The van der Waals surface area contributed by atoms with Gasteiger partial charge in [0.1, 0.15) is 5.82 Å². The van der Waals surface area contributed by atoms with Crippen molar-refractivity contribution in [3.63, 3.8) is 0 Å². The van der Waals surface area contributed by atoms with Gasteiger partial charge >= 0.3 is 0 Å². The number of hydrogen-bond donors (Lipinski definition) is 2. The number of aryl methyl sites for hydroxylation is 2. The topological polar surface area (TPSA) is 55.9 Å². The number of hydrogen-bond acceptors (Lipinski definition) is 3. The molecule has 1 unspecified atom stereocenters. The molecule has 0 aliphatic rings. The summed E-state index contributed by atoms with van der Waals surface area (Å²) in [4.78, 5) is 4.72. The van der Waals surface area contributed by atoms with Crippen LogP contribution in [0, 0.1) is 6.92 Å². The maximum Gasteiger partial charge on any atom is 0.111 e. The molecule has 3 N–H and O–H groups in total. The minimum absolute atomic E-state index is 0.0571. The number of nitrogens with one attached hydrogen (secondary N) is 1. The van der Waals surface area contributed by atoms with Crippen LogP contribution in [-0.2, 0) is 13.5 Å². The average Bonchev–Trinajstić information content (AvgIpc) is 2.82. The van der Waals surface area contributed by atoms with E-state index >= 15 is 0 Å². The number of rotatable bonds is 4. The van der Waals surface area contributed by atoms with Crippen LogP contribution in [0.2, 0.25) is 0 Å². The summed E-state index contributed by atoms with van der Waals surface area (Å²) in [5.74, 6) is 6.81. The molecule has 3 rings (SSSR count). The van der Waals surface area contributed by atoms with E-state index in [9.17, 15) is 0 Å². The molecule has 0 spiro atoms. The van der Waals surface area contributed by atoms with Crippen LogP contribution in [0.1, 0.15) is 23.0 Å². The Morgan fingerprint density at radius 3 is 2.57 bits per heavy atom. The molecule has 3 aromatic rings. The fourth-order valence-electron chi connectivity index (χ4n) is 2.80. The molecule has 2 aromatic carbocycles. The predicted molar refractivity (Wildman–Crippen MR) is 85.7 cm³/mol. The van der Waals surface area contributed by atoms with E-state index in [2.05, 4.69) is 42.2 Å². The lowest BCUT2D eigenvalue weighted by molar-refractivity contribution is 0.529. The lowest BCUT2D eigenvalue weighted by Crippen LogP contribution is -2.30. The van der Waals surface area contributed by atoms with Gasteiger partial charge in [0, 0.05) is 13.5 Å². The maximum atomic E-state index is 5.78. The van der Waals surface area contributed by atoms with Crippen molar-refractivity contribution in [1.82, 2.24) is 15.0 Å². The lowest BCUT2D eigenvalue weighted by Gasteiger charge is -2.18. The van der Waals surface area contributed by atoms with Gasteiger partial charge in [-0.05, 0) is 30.2 Å². The molecule has 0 amide bonds. The monoisotopic (exact) mass is 280 g/mol. The van der Waals surface area contributed by atoms with Gasteiger partial charge in [0.15, 0.2) is 0 Å². The first-order valence-corrected chi connectivity index (χ1v) is 7.12. The molecule has 108 valence electrons. The lowest BCUT2D eigenvalue weighted by atomic mass is 9.99. The summed E-state index contributed by atoms with van der Waals surface area (Å²) in [7, 11) is 2.05. The predicted octanol–water partition coefficient (Wildman–Crippen LogP) is 2.63. The van der Waals surface area contributed by atoms with Crippen molar-refractivity contribution in [2.45, 2.75) is 19.4 Å². The van der Waals surface area contributed by atoms with Crippen molar-refractivity contribution in [2.75, 3.05) is 0 Å². The minimum Gasteiger partial charge on any atom is -0.331 e. The van der Waals surface area contributed by atoms with Crippen LogP contribution in [0.5, 0.6) is 0 Å². The van der Waals surface area contributed by atoms with Crippen molar-refractivity contribution < 1.29 is 0 Å². The third-order valence-electron chi connectivity index (χ3n) is 4.03. The smallest absolute Gasteiger partial charge is 0.111 e. The molecule has 1 heterocycles. The molecule has 0 aliphatic carbocycles. The van der Waals surface area contributed by atoms with Crippen molar-refractivity contribution in [1.29, 1.82) is 0 Å². The second kappa shape index (κ2) is 5.68. The molecular weight excluding hydrogens is 260 g/mol. The Morgan fingerprint density at radius 2 is 1.86 bits per heavy atom. The van der Waals surface area contributed by atoms with Crippen LogP contribution in [0.4, 0.5) is 0 Å². The van der Waals surface area contributed by atoms with Crippen molar-refractivity contribution in [3.05, 3.63) is 65.5 Å². The quantitative estimate of drug-likeness (QED) is 0.570. The van der Waals surface area contributed by atoms with Crippen LogP contribution in [-0.4, -0.2) is 9.55 Å². The van der Waals surface area contributed by atoms with E-state index in [0.717, 1.165) is 23.3 Å². The standard InChI is InChI=1S/C17H20N4/c1-12-7-3-4-8-13(12)15(20-18)11-17-19-14-9-5-6-10-16(14)21(17)2/h3-10,15,20H,11,18H2,1-2H3. The largest absolute Gasteiger partial charge is 0.331 e. The number of fused-ring (bicyclic) bond motifs is 1. The van der Waals surface area contributed by atoms with Crippen LogP contribution in [0.15, 0.2) is 48.5 Å². The van der Waals surface area contributed by atoms with E-state index in [4.69, 9.17) is 10.8 Å². The number of aromatic nitrogens is 2. The highest BCUT2D eigenvalue weighted by atomic mass is 15.2. The summed E-state index contributed by atoms with van der Waals surface area (Å²) in [5.41, 5.74) is 7.55. The SMILES string of the molecule is Cc1ccccc1C(Cc1nc2ccccc2n1C)NN. The van der Waals surface area contributed by atoms with Gasteiger partial charge in [-0.1, -0.05) is 36.4 Å². The van der Waals surface area contributed by atoms with Crippen molar-refractivity contribution in [3.8, 4) is 0 Å². The minimum atomic E-state index is 0.0571. The zero-order valence-corrected chi connectivity index (χ0v) is 12.4. The highest BCUT2D eigenvalue weighted by Gasteiger charge is 2.16. The Morgan fingerprint density at radius 1 is 1.14 bits per heavy atom. The highest BCUT2D eigenvalue weighted by molar-refractivity contribution is 5.75. The Kier molecular flexibility index (Phi) is 3.73. The second-order valence-corrected chi connectivity index (χ2v) is 5.36. The first-order valence-electron chi connectivity index (χ1n) is 7.12. The molecule has 0 radical (unpaired) electrons. The molecule has 0 saturated carbocycles. The van der Waals surface area contributed by atoms with E-state index in [0.29, 0.717) is 0 Å². The molecule has 1 aromatic heterocycles. The van der Waals surface area contributed by atoms with E-state index in [1.165, 1.54) is 11.1 Å². The first-order chi connectivity index (χ1) is 10.2. The number of nitrogens with two attached hydrogens (primary N) is 1. The van der Waals surface area contributed by atoms with E-state index in [1.54, 1.807) is 0 Å². The highest BCUT2D eigenvalue weighted by Crippen LogP contribution is 2.22. The maximum absolute atomic E-state index is 5.78. The summed E-state index contributed by atoms with van der Waals surface area (Å²) < 4.78 is 2.14. The second-order valence-electron chi connectivity index (χ2n) is 5.36. The van der Waals surface area contributed by atoms with Gasteiger partial charge < -0.3 is 4.57 Å². The van der Waals surface area contributed by atoms with Crippen molar-refractivity contribution >= 4 is 11.0 Å². The Balaban J connectivity index is 1.96. The molecule has 0 fully saturated rings. The molecule has 1 atom stereocenters. The number of imidazole rings is 1. The molecule has 21 heavy (non-hydrogen) atoms. The van der Waals surface area contributed by atoms with Gasteiger partial charge in [-0.2, -0.15) is 0 Å². The third kappa shape index (κ3) is 2.55. The van der Waals surface area contributed by atoms with Crippen LogP contribution < -0.4 is 11.3 Å². The van der Waals surface area contributed by atoms with Crippen molar-refractivity contribution in [2.24, 2.45) is 12.9 Å². The molecular formula is C17H20N4. The zero-order valence-electron chi connectivity index (χ0n) is 12.4. The first kappa shape index (κ1) is 13.8. The fraction of sp³-hybridized carbons (Fsp3) is 0.235. The fourth-order valence-corrected chi connectivity index (χ4v) is 2.80.